The molecule has 0 spiro atoms. The smallest absolute Gasteiger partial charge is 0.354 e. The number of H-pyrrole nitrogens is 1. The molecule has 0 bridgehead atoms. The van der Waals surface area contributed by atoms with Gasteiger partial charge in [0.1, 0.15) is 11.1 Å². The summed E-state index contributed by atoms with van der Waals surface area (Å²) >= 11 is 6.65. The number of hydrogen-bond donors (Lipinski definition) is 1. The molecule has 2 amide bonds. The fourth-order valence-electron chi connectivity index (χ4n) is 5.16. The van der Waals surface area contributed by atoms with E-state index in [0.717, 1.165) is 21.5 Å². The number of para-hydroxylation sites is 2. The SMILES string of the molecule is CCOC(=O)c1cc2cc(C(Cl)C(=O)N3CCN(c4ccccc4C(=O)N(c4ccccc4)S(C)(=O)=O)CC3)ccc2[nH]1. The summed E-state index contributed by atoms with van der Waals surface area (Å²) < 4.78 is 31.2. The minimum absolute atomic E-state index is 0.244. The topological polar surface area (TPSA) is 120 Å². The number of carbonyl (C=O) groups excluding carboxylic acids is 3. The molecule has 10 nitrogen and oxygen atoms in total. The van der Waals surface area contributed by atoms with E-state index < -0.39 is 27.3 Å². The summed E-state index contributed by atoms with van der Waals surface area (Å²) in [6.07, 6.45) is 1.00. The Kier molecular flexibility index (Phi) is 8.74. The number of amides is 2. The summed E-state index contributed by atoms with van der Waals surface area (Å²) in [7, 11) is -3.92. The number of alkyl halides is 1. The van der Waals surface area contributed by atoms with Crippen LogP contribution in [-0.4, -0.2) is 75.1 Å². The molecule has 2 heterocycles. The molecule has 1 N–H and O–H groups in total. The van der Waals surface area contributed by atoms with Crippen LogP contribution in [0.25, 0.3) is 10.9 Å². The standard InChI is InChI=1S/C31H31ClN4O6S/c1-3-42-31(39)26-20-22-19-21(13-14-25(22)33-26)28(32)30(38)35-17-15-34(16-18-35)27-12-8-7-11-24(27)29(37)36(43(2,40)41)23-9-5-4-6-10-23/h4-14,19-20,28,33H,3,15-18H2,1-2H3. The van der Waals surface area contributed by atoms with E-state index in [1.54, 1.807) is 90.7 Å². The highest BCUT2D eigenvalue weighted by molar-refractivity contribution is 7.92. The van der Waals surface area contributed by atoms with Crippen molar-refractivity contribution in [3.63, 3.8) is 0 Å². The van der Waals surface area contributed by atoms with E-state index in [1.165, 1.54) is 0 Å². The summed E-state index contributed by atoms with van der Waals surface area (Å²) in [5.41, 5.74) is 2.74. The highest BCUT2D eigenvalue weighted by atomic mass is 35.5. The number of piperazine rings is 1. The Morgan fingerprint density at radius 3 is 2.30 bits per heavy atom. The van der Waals surface area contributed by atoms with Crippen molar-refractivity contribution in [3.05, 3.63) is 95.7 Å². The van der Waals surface area contributed by atoms with Gasteiger partial charge < -0.3 is 19.5 Å². The average Bonchev–Trinajstić information content (AvgIpc) is 3.44. The van der Waals surface area contributed by atoms with Gasteiger partial charge in [-0.15, -0.1) is 11.6 Å². The van der Waals surface area contributed by atoms with Gasteiger partial charge >= 0.3 is 5.97 Å². The van der Waals surface area contributed by atoms with Gasteiger partial charge in [0.25, 0.3) is 5.91 Å². The van der Waals surface area contributed by atoms with Crippen LogP contribution in [0.4, 0.5) is 11.4 Å². The van der Waals surface area contributed by atoms with Gasteiger partial charge in [-0.1, -0.05) is 36.4 Å². The summed E-state index contributed by atoms with van der Waals surface area (Å²) in [5, 5.41) is -0.191. The lowest BCUT2D eigenvalue weighted by molar-refractivity contribution is -0.131. The lowest BCUT2D eigenvalue weighted by Crippen LogP contribution is -2.50. The molecule has 43 heavy (non-hydrogen) atoms. The number of rotatable bonds is 8. The molecule has 0 radical (unpaired) electrons. The van der Waals surface area contributed by atoms with Crippen molar-refractivity contribution in [2.75, 3.05) is 48.2 Å². The van der Waals surface area contributed by atoms with Crippen LogP contribution in [-0.2, 0) is 19.6 Å². The van der Waals surface area contributed by atoms with E-state index in [1.807, 2.05) is 4.90 Å². The molecule has 1 atom stereocenters. The second-order valence-electron chi connectivity index (χ2n) is 10.1. The number of aromatic nitrogens is 1. The Morgan fingerprint density at radius 2 is 1.63 bits per heavy atom. The van der Waals surface area contributed by atoms with Crippen molar-refractivity contribution in [1.82, 2.24) is 9.88 Å². The number of fused-ring (bicyclic) bond motifs is 1. The second-order valence-corrected chi connectivity index (χ2v) is 12.4. The number of nitrogens with one attached hydrogen (secondary N) is 1. The van der Waals surface area contributed by atoms with Crippen LogP contribution in [0.1, 0.15) is 38.7 Å². The predicted molar refractivity (Wildman–Crippen MR) is 166 cm³/mol. The fraction of sp³-hybridized carbons (Fsp3) is 0.258. The van der Waals surface area contributed by atoms with Crippen LogP contribution in [0.2, 0.25) is 0 Å². The number of sulfonamides is 1. The van der Waals surface area contributed by atoms with Gasteiger partial charge in [0.05, 0.1) is 24.1 Å². The molecule has 0 aliphatic carbocycles. The zero-order valence-electron chi connectivity index (χ0n) is 23.7. The van der Waals surface area contributed by atoms with Gasteiger partial charge in [0.15, 0.2) is 0 Å². The van der Waals surface area contributed by atoms with Crippen LogP contribution in [0.5, 0.6) is 0 Å². The molecule has 1 aromatic heterocycles. The summed E-state index contributed by atoms with van der Waals surface area (Å²) in [6, 6.07) is 22.1. The number of ether oxygens (including phenoxy) is 1. The Morgan fingerprint density at radius 1 is 0.953 bits per heavy atom. The number of hydrogen-bond acceptors (Lipinski definition) is 7. The molecule has 1 fully saturated rings. The van der Waals surface area contributed by atoms with Gasteiger partial charge in [-0.3, -0.25) is 9.59 Å². The molecule has 1 aliphatic heterocycles. The van der Waals surface area contributed by atoms with Crippen molar-refractivity contribution >= 4 is 61.7 Å². The maximum atomic E-state index is 13.6. The lowest BCUT2D eigenvalue weighted by atomic mass is 10.1. The van der Waals surface area contributed by atoms with E-state index in [-0.39, 0.29) is 23.8 Å². The Labute approximate surface area is 254 Å². The zero-order chi connectivity index (χ0) is 30.7. The zero-order valence-corrected chi connectivity index (χ0v) is 25.3. The van der Waals surface area contributed by atoms with E-state index in [4.69, 9.17) is 16.3 Å². The third-order valence-corrected chi connectivity index (χ3v) is 8.70. The highest BCUT2D eigenvalue weighted by Crippen LogP contribution is 2.30. The molecule has 224 valence electrons. The lowest BCUT2D eigenvalue weighted by Gasteiger charge is -2.37. The molecule has 1 aliphatic rings. The number of halogens is 1. The second kappa shape index (κ2) is 12.5. The molecule has 3 aromatic carbocycles. The molecule has 12 heteroatoms. The van der Waals surface area contributed by atoms with E-state index in [9.17, 15) is 22.8 Å². The van der Waals surface area contributed by atoms with Gasteiger partial charge in [-0.2, -0.15) is 0 Å². The van der Waals surface area contributed by atoms with E-state index in [0.29, 0.717) is 43.1 Å². The van der Waals surface area contributed by atoms with Gasteiger partial charge in [0.2, 0.25) is 15.9 Å². The normalized spacial score (nSPS) is 14.4. The van der Waals surface area contributed by atoms with E-state index >= 15 is 0 Å². The summed E-state index contributed by atoms with van der Waals surface area (Å²) in [5.74, 6) is -1.36. The number of nitrogens with zero attached hydrogens (tertiary/aromatic N) is 3. The molecule has 4 aromatic rings. The third-order valence-electron chi connectivity index (χ3n) is 7.22. The van der Waals surface area contributed by atoms with Gasteiger partial charge in [-0.25, -0.2) is 17.5 Å². The largest absolute Gasteiger partial charge is 0.461 e. The quantitative estimate of drug-likeness (QED) is 0.226. The van der Waals surface area contributed by atoms with E-state index in [2.05, 4.69) is 4.98 Å². The minimum Gasteiger partial charge on any atom is -0.461 e. The first-order valence-corrected chi connectivity index (χ1v) is 16.0. The van der Waals surface area contributed by atoms with Crippen LogP contribution in [0.3, 0.4) is 0 Å². The average molecular weight is 623 g/mol. The summed E-state index contributed by atoms with van der Waals surface area (Å²) in [6.45, 7) is 3.56. The van der Waals surface area contributed by atoms with Crippen molar-refractivity contribution < 1.29 is 27.5 Å². The molecular weight excluding hydrogens is 592 g/mol. The highest BCUT2D eigenvalue weighted by Gasteiger charge is 2.32. The fourth-order valence-corrected chi connectivity index (χ4v) is 6.34. The van der Waals surface area contributed by atoms with Crippen molar-refractivity contribution in [1.29, 1.82) is 0 Å². The Bertz CT molecular complexity index is 1770. The Balaban J connectivity index is 1.30. The number of benzene rings is 3. The first kappa shape index (κ1) is 30.1. The van der Waals surface area contributed by atoms with Crippen molar-refractivity contribution in [2.24, 2.45) is 0 Å². The predicted octanol–water partition coefficient (Wildman–Crippen LogP) is 4.58. The number of esters is 1. The van der Waals surface area contributed by atoms with Crippen LogP contribution in [0.15, 0.2) is 78.9 Å². The summed E-state index contributed by atoms with van der Waals surface area (Å²) in [4.78, 5) is 45.8. The van der Waals surface area contributed by atoms with Crippen molar-refractivity contribution in [3.8, 4) is 0 Å². The van der Waals surface area contributed by atoms with Gasteiger partial charge in [-0.05, 0) is 55.0 Å². The number of carbonyl (C=O) groups is 3. The monoisotopic (exact) mass is 622 g/mol. The van der Waals surface area contributed by atoms with Crippen LogP contribution >= 0.6 is 11.6 Å². The molecule has 5 rings (SSSR count). The number of anilines is 2. The first-order valence-electron chi connectivity index (χ1n) is 13.7. The van der Waals surface area contributed by atoms with Crippen LogP contribution in [0, 0.1) is 0 Å². The molecule has 1 saturated heterocycles. The number of aromatic amines is 1. The molecular formula is C31H31ClN4O6S. The van der Waals surface area contributed by atoms with Gasteiger partial charge in [0, 0.05) is 42.8 Å². The molecule has 0 saturated carbocycles. The minimum atomic E-state index is -3.92. The Hall–Kier alpha value is -4.35. The first-order chi connectivity index (χ1) is 20.6. The van der Waals surface area contributed by atoms with Crippen molar-refractivity contribution in [2.45, 2.75) is 12.3 Å². The third kappa shape index (κ3) is 6.37. The molecule has 1 unspecified atom stereocenters. The maximum absolute atomic E-state index is 13.6. The van der Waals surface area contributed by atoms with Crippen LogP contribution < -0.4 is 9.21 Å². The maximum Gasteiger partial charge on any atom is 0.354 e.